The van der Waals surface area contributed by atoms with Crippen LogP contribution in [0.5, 0.6) is 5.75 Å². The number of rotatable bonds is 5. The summed E-state index contributed by atoms with van der Waals surface area (Å²) >= 11 is 0. The lowest BCUT2D eigenvalue weighted by Crippen LogP contribution is -2.35. The number of nitrogens with zero attached hydrogens (tertiary/aromatic N) is 4. The topological polar surface area (TPSA) is 72.3 Å². The Morgan fingerprint density at radius 3 is 2.72 bits per heavy atom. The number of carbonyl (C=O) groups is 1. The lowest BCUT2D eigenvalue weighted by Gasteiger charge is -2.28. The average Bonchev–Trinajstić information content (AvgIpc) is 3.36. The van der Waals surface area contributed by atoms with Crippen LogP contribution in [0.25, 0.3) is 0 Å². The van der Waals surface area contributed by atoms with E-state index in [-0.39, 0.29) is 11.9 Å². The Labute approximate surface area is 147 Å². The van der Waals surface area contributed by atoms with E-state index in [0.717, 1.165) is 25.4 Å². The zero-order valence-electron chi connectivity index (χ0n) is 14.3. The summed E-state index contributed by atoms with van der Waals surface area (Å²) in [5.41, 5.74) is 1.19. The quantitative estimate of drug-likeness (QED) is 0.882. The molecule has 2 aliphatic rings. The molecule has 0 unspecified atom stereocenters. The van der Waals surface area contributed by atoms with E-state index in [9.17, 15) is 4.79 Å². The van der Waals surface area contributed by atoms with Gasteiger partial charge in [-0.2, -0.15) is 0 Å². The van der Waals surface area contributed by atoms with Crippen LogP contribution in [0.15, 0.2) is 36.9 Å². The van der Waals surface area contributed by atoms with Gasteiger partial charge in [-0.15, -0.1) is 10.2 Å². The molecule has 7 nitrogen and oxygen atoms in total. The third-order valence-electron chi connectivity index (χ3n) is 5.39. The Balaban J connectivity index is 1.53. The summed E-state index contributed by atoms with van der Waals surface area (Å²) in [5.74, 6) is 2.05. The number of methoxy groups -OCH3 is 1. The van der Waals surface area contributed by atoms with E-state index >= 15 is 0 Å². The maximum atomic E-state index is 12.9. The van der Waals surface area contributed by atoms with E-state index in [1.807, 2.05) is 16.7 Å². The number of amides is 1. The largest absolute Gasteiger partial charge is 0.497 e. The van der Waals surface area contributed by atoms with Crippen molar-refractivity contribution in [3.05, 3.63) is 42.5 Å². The van der Waals surface area contributed by atoms with Crippen LogP contribution in [0.4, 0.5) is 0 Å². The number of benzene rings is 1. The molecule has 2 saturated heterocycles. The number of aryl methyl sites for hydroxylation is 1. The first-order chi connectivity index (χ1) is 12.3. The zero-order chi connectivity index (χ0) is 17.2. The Hall–Kier alpha value is -2.41. The molecule has 2 aromatic rings. The molecular formula is C18H23N5O2. The molecule has 1 N–H and O–H groups in total. The third-order valence-corrected chi connectivity index (χ3v) is 5.39. The highest BCUT2D eigenvalue weighted by atomic mass is 16.5. The second kappa shape index (κ2) is 6.84. The van der Waals surface area contributed by atoms with E-state index in [1.54, 1.807) is 19.8 Å². The number of likely N-dealkylation sites (tertiary alicyclic amines) is 1. The highest BCUT2D eigenvalue weighted by Crippen LogP contribution is 2.43. The molecule has 7 heteroatoms. The molecule has 0 spiro atoms. The molecule has 1 aromatic heterocycles. The van der Waals surface area contributed by atoms with Gasteiger partial charge in [-0.05, 0) is 23.6 Å². The summed E-state index contributed by atoms with van der Waals surface area (Å²) in [6.45, 7) is 3.41. The van der Waals surface area contributed by atoms with E-state index in [0.29, 0.717) is 24.8 Å². The van der Waals surface area contributed by atoms with Crippen LogP contribution in [-0.4, -0.2) is 52.3 Å². The van der Waals surface area contributed by atoms with Gasteiger partial charge in [0.1, 0.15) is 18.4 Å². The van der Waals surface area contributed by atoms with Crippen molar-refractivity contribution >= 4 is 5.91 Å². The number of hydrogen-bond acceptors (Lipinski definition) is 5. The predicted molar refractivity (Wildman–Crippen MR) is 91.9 cm³/mol. The molecule has 2 aliphatic heterocycles. The van der Waals surface area contributed by atoms with Gasteiger partial charge in [0, 0.05) is 38.5 Å². The standard InChI is InChI=1S/C18H23N5O2/c1-25-15-4-2-13(3-5-15)18-16-9-19-8-14(16)10-23(18)17(24)6-7-22-11-20-21-12-22/h2-5,11-12,14,16,18-19H,6-10H2,1H3/t14-,16-,18-/m0/s1. The van der Waals surface area contributed by atoms with Crippen LogP contribution < -0.4 is 10.1 Å². The van der Waals surface area contributed by atoms with Crippen molar-refractivity contribution in [3.8, 4) is 5.75 Å². The maximum Gasteiger partial charge on any atom is 0.224 e. The number of hydrogen-bond donors (Lipinski definition) is 1. The van der Waals surface area contributed by atoms with Crippen molar-refractivity contribution in [2.75, 3.05) is 26.7 Å². The fraction of sp³-hybridized carbons (Fsp3) is 0.500. The minimum Gasteiger partial charge on any atom is -0.497 e. The van der Waals surface area contributed by atoms with Gasteiger partial charge in [0.05, 0.1) is 13.2 Å². The second-order valence-electron chi connectivity index (χ2n) is 6.80. The fourth-order valence-corrected chi connectivity index (χ4v) is 4.11. The van der Waals surface area contributed by atoms with Crippen LogP contribution >= 0.6 is 0 Å². The van der Waals surface area contributed by atoms with Crippen LogP contribution in [0.1, 0.15) is 18.0 Å². The molecule has 1 aromatic carbocycles. The first-order valence-corrected chi connectivity index (χ1v) is 8.73. The minimum absolute atomic E-state index is 0.138. The van der Waals surface area contributed by atoms with E-state index in [4.69, 9.17) is 4.74 Å². The van der Waals surface area contributed by atoms with Crippen LogP contribution in [0, 0.1) is 11.8 Å². The molecule has 4 rings (SSSR count). The smallest absolute Gasteiger partial charge is 0.224 e. The van der Waals surface area contributed by atoms with Crippen LogP contribution in [-0.2, 0) is 11.3 Å². The molecule has 0 saturated carbocycles. The van der Waals surface area contributed by atoms with Gasteiger partial charge in [0.25, 0.3) is 0 Å². The lowest BCUT2D eigenvalue weighted by atomic mass is 9.89. The maximum absolute atomic E-state index is 12.9. The second-order valence-corrected chi connectivity index (χ2v) is 6.80. The van der Waals surface area contributed by atoms with Crippen molar-refractivity contribution in [2.24, 2.45) is 11.8 Å². The SMILES string of the molecule is COc1ccc([C@H]2[C@H]3CNC[C@H]3CN2C(=O)CCn2cnnc2)cc1. The predicted octanol–water partition coefficient (Wildman–Crippen LogP) is 1.10. The number of fused-ring (bicyclic) bond motifs is 1. The Morgan fingerprint density at radius 1 is 1.24 bits per heavy atom. The van der Waals surface area contributed by atoms with E-state index in [2.05, 4.69) is 32.5 Å². The highest BCUT2D eigenvalue weighted by molar-refractivity contribution is 5.77. The Morgan fingerprint density at radius 2 is 2.00 bits per heavy atom. The number of aromatic nitrogens is 3. The lowest BCUT2D eigenvalue weighted by molar-refractivity contribution is -0.132. The van der Waals surface area contributed by atoms with Gasteiger partial charge in [0.2, 0.25) is 5.91 Å². The first kappa shape index (κ1) is 16.1. The Kier molecular flexibility index (Phi) is 4.40. The van der Waals surface area contributed by atoms with Crippen molar-refractivity contribution < 1.29 is 9.53 Å². The average molecular weight is 341 g/mol. The van der Waals surface area contributed by atoms with Gasteiger partial charge in [-0.3, -0.25) is 4.79 Å². The van der Waals surface area contributed by atoms with E-state index < -0.39 is 0 Å². The molecule has 132 valence electrons. The number of nitrogens with one attached hydrogen (secondary N) is 1. The molecule has 0 aliphatic carbocycles. The zero-order valence-corrected chi connectivity index (χ0v) is 14.3. The molecule has 25 heavy (non-hydrogen) atoms. The number of carbonyl (C=O) groups excluding carboxylic acids is 1. The molecule has 0 radical (unpaired) electrons. The summed E-state index contributed by atoms with van der Waals surface area (Å²) in [4.78, 5) is 15.0. The normalized spacial score (nSPS) is 25.2. The van der Waals surface area contributed by atoms with Gasteiger partial charge in [-0.25, -0.2) is 0 Å². The van der Waals surface area contributed by atoms with Crippen LogP contribution in [0.2, 0.25) is 0 Å². The highest BCUT2D eigenvalue weighted by Gasteiger charge is 2.46. The van der Waals surface area contributed by atoms with E-state index in [1.165, 1.54) is 5.56 Å². The first-order valence-electron chi connectivity index (χ1n) is 8.73. The van der Waals surface area contributed by atoms with Crippen molar-refractivity contribution in [3.63, 3.8) is 0 Å². The molecule has 2 fully saturated rings. The van der Waals surface area contributed by atoms with Gasteiger partial charge < -0.3 is 19.5 Å². The van der Waals surface area contributed by atoms with Gasteiger partial charge in [0.15, 0.2) is 0 Å². The van der Waals surface area contributed by atoms with Gasteiger partial charge >= 0.3 is 0 Å². The molecule has 3 heterocycles. The van der Waals surface area contributed by atoms with Crippen molar-refractivity contribution in [2.45, 2.75) is 19.0 Å². The molecule has 3 atom stereocenters. The van der Waals surface area contributed by atoms with Crippen molar-refractivity contribution in [1.29, 1.82) is 0 Å². The van der Waals surface area contributed by atoms with Crippen LogP contribution in [0.3, 0.4) is 0 Å². The fourth-order valence-electron chi connectivity index (χ4n) is 4.11. The summed E-state index contributed by atoms with van der Waals surface area (Å²) in [5, 5.41) is 11.1. The number of ether oxygens (including phenoxy) is 1. The summed E-state index contributed by atoms with van der Waals surface area (Å²) < 4.78 is 7.11. The summed E-state index contributed by atoms with van der Waals surface area (Å²) in [6.07, 6.45) is 3.77. The summed E-state index contributed by atoms with van der Waals surface area (Å²) in [6, 6.07) is 8.27. The molecule has 0 bridgehead atoms. The van der Waals surface area contributed by atoms with Crippen molar-refractivity contribution in [1.82, 2.24) is 25.0 Å². The Bertz CT molecular complexity index is 716. The monoisotopic (exact) mass is 341 g/mol. The molecule has 1 amide bonds. The summed E-state index contributed by atoms with van der Waals surface area (Å²) in [7, 11) is 1.67. The van der Waals surface area contributed by atoms with Gasteiger partial charge in [-0.1, -0.05) is 12.1 Å². The minimum atomic E-state index is 0.138. The molecular weight excluding hydrogens is 318 g/mol. The third kappa shape index (κ3) is 3.11.